The Hall–Kier alpha value is -1.89. The molecular formula is C19H23Cl2F2N3O. The maximum Gasteiger partial charge on any atom is 0.239 e. The van der Waals surface area contributed by atoms with Crippen molar-refractivity contribution in [2.75, 3.05) is 31.1 Å². The number of amides is 1. The van der Waals surface area contributed by atoms with Crippen molar-refractivity contribution < 1.29 is 13.6 Å². The zero-order chi connectivity index (χ0) is 17.8. The number of nitrogens with two attached hydrogens (primary N) is 1. The summed E-state index contributed by atoms with van der Waals surface area (Å²) in [7, 11) is 0. The van der Waals surface area contributed by atoms with E-state index in [1.54, 1.807) is 9.80 Å². The second-order valence-electron chi connectivity index (χ2n) is 6.20. The number of carbonyl (C=O) groups is 1. The van der Waals surface area contributed by atoms with Gasteiger partial charge in [0, 0.05) is 32.2 Å². The number of hydrogen-bond acceptors (Lipinski definition) is 3. The van der Waals surface area contributed by atoms with Crippen LogP contribution in [0.1, 0.15) is 5.56 Å². The molecule has 3 rings (SSSR count). The molecule has 0 radical (unpaired) electrons. The lowest BCUT2D eigenvalue weighted by atomic mass is 10.1. The highest BCUT2D eigenvalue weighted by atomic mass is 35.5. The van der Waals surface area contributed by atoms with E-state index in [0.29, 0.717) is 32.6 Å². The van der Waals surface area contributed by atoms with E-state index in [-0.39, 0.29) is 36.4 Å². The van der Waals surface area contributed by atoms with Crippen LogP contribution < -0.4 is 10.6 Å². The predicted molar refractivity (Wildman–Crippen MR) is 108 cm³/mol. The number of anilines is 1. The molecule has 0 aliphatic carbocycles. The Kier molecular flexibility index (Phi) is 8.96. The van der Waals surface area contributed by atoms with E-state index in [2.05, 4.69) is 0 Å². The van der Waals surface area contributed by atoms with Crippen LogP contribution >= 0.6 is 24.8 Å². The second kappa shape index (κ2) is 10.4. The van der Waals surface area contributed by atoms with Crippen LogP contribution in [0.5, 0.6) is 0 Å². The van der Waals surface area contributed by atoms with Crippen molar-refractivity contribution in [2.45, 2.75) is 12.5 Å². The first-order valence-corrected chi connectivity index (χ1v) is 8.33. The monoisotopic (exact) mass is 417 g/mol. The number of carbonyl (C=O) groups excluding carboxylic acids is 1. The zero-order valence-electron chi connectivity index (χ0n) is 14.7. The van der Waals surface area contributed by atoms with Crippen molar-refractivity contribution >= 4 is 36.4 Å². The SMILES string of the molecule is Cl.Cl.NC(Cc1ccccc1)C(=O)N1CCN(c2cc(F)ccc2F)CC1. The van der Waals surface area contributed by atoms with E-state index in [4.69, 9.17) is 5.73 Å². The maximum atomic E-state index is 13.9. The van der Waals surface area contributed by atoms with Crippen LogP contribution in [0.2, 0.25) is 0 Å². The molecule has 1 unspecified atom stereocenters. The molecule has 1 fully saturated rings. The third-order valence-corrected chi connectivity index (χ3v) is 4.46. The van der Waals surface area contributed by atoms with Gasteiger partial charge in [0.2, 0.25) is 5.91 Å². The van der Waals surface area contributed by atoms with Gasteiger partial charge in [0.15, 0.2) is 0 Å². The number of hydrogen-bond donors (Lipinski definition) is 1. The Morgan fingerprint density at radius 3 is 2.26 bits per heavy atom. The lowest BCUT2D eigenvalue weighted by Gasteiger charge is -2.37. The molecule has 2 N–H and O–H groups in total. The van der Waals surface area contributed by atoms with Gasteiger partial charge < -0.3 is 15.5 Å². The van der Waals surface area contributed by atoms with E-state index in [1.165, 1.54) is 6.07 Å². The van der Waals surface area contributed by atoms with E-state index < -0.39 is 17.7 Å². The van der Waals surface area contributed by atoms with Gasteiger partial charge in [-0.1, -0.05) is 30.3 Å². The summed E-state index contributed by atoms with van der Waals surface area (Å²) in [5.41, 5.74) is 7.31. The molecule has 0 aromatic heterocycles. The summed E-state index contributed by atoms with van der Waals surface area (Å²) in [6.45, 7) is 1.78. The molecule has 1 saturated heterocycles. The molecule has 8 heteroatoms. The number of halogens is 4. The van der Waals surface area contributed by atoms with Gasteiger partial charge in [0.1, 0.15) is 11.6 Å². The lowest BCUT2D eigenvalue weighted by molar-refractivity contribution is -0.132. The summed E-state index contributed by atoms with van der Waals surface area (Å²) < 4.78 is 27.2. The predicted octanol–water partition coefficient (Wildman–Crippen LogP) is 3.03. The van der Waals surface area contributed by atoms with E-state index in [1.807, 2.05) is 30.3 Å². The molecule has 0 bridgehead atoms. The molecule has 0 spiro atoms. The molecule has 2 aromatic carbocycles. The van der Waals surface area contributed by atoms with Gasteiger partial charge in [-0.2, -0.15) is 0 Å². The Bertz CT molecular complexity index is 741. The van der Waals surface area contributed by atoms with Crippen LogP contribution in [-0.2, 0) is 11.2 Å². The quantitative estimate of drug-likeness (QED) is 0.831. The average Bonchev–Trinajstić information content (AvgIpc) is 2.64. The first-order chi connectivity index (χ1) is 12.0. The van der Waals surface area contributed by atoms with E-state index in [0.717, 1.165) is 17.7 Å². The molecule has 1 aliphatic rings. The van der Waals surface area contributed by atoms with Crippen molar-refractivity contribution in [3.63, 3.8) is 0 Å². The van der Waals surface area contributed by atoms with Crippen LogP contribution in [-0.4, -0.2) is 43.0 Å². The standard InChI is InChI=1S/C19H21F2N3O.2ClH/c20-15-6-7-16(21)18(13-15)23-8-10-24(11-9-23)19(25)17(22)12-14-4-2-1-3-5-14;;/h1-7,13,17H,8-12,22H2;2*1H. The summed E-state index contributed by atoms with van der Waals surface area (Å²) in [5.74, 6) is -1.04. The third-order valence-electron chi connectivity index (χ3n) is 4.46. The smallest absolute Gasteiger partial charge is 0.239 e. The molecule has 148 valence electrons. The Balaban J connectivity index is 0.00000182. The Morgan fingerprint density at radius 2 is 1.63 bits per heavy atom. The number of benzene rings is 2. The summed E-state index contributed by atoms with van der Waals surface area (Å²) in [4.78, 5) is 16.0. The average molecular weight is 418 g/mol. The molecule has 27 heavy (non-hydrogen) atoms. The first kappa shape index (κ1) is 23.1. The van der Waals surface area contributed by atoms with Gasteiger partial charge in [-0.25, -0.2) is 8.78 Å². The maximum absolute atomic E-state index is 13.9. The minimum absolute atomic E-state index is 0. The summed E-state index contributed by atoms with van der Waals surface area (Å²) in [5, 5.41) is 0. The fourth-order valence-electron chi connectivity index (χ4n) is 3.09. The lowest BCUT2D eigenvalue weighted by Crippen LogP contribution is -2.53. The molecule has 1 amide bonds. The first-order valence-electron chi connectivity index (χ1n) is 8.33. The third kappa shape index (κ3) is 5.79. The zero-order valence-corrected chi connectivity index (χ0v) is 16.3. The van der Waals surface area contributed by atoms with Gasteiger partial charge in [-0.05, 0) is 24.1 Å². The Labute approximate surface area is 170 Å². The van der Waals surface area contributed by atoms with Crippen LogP contribution in [0.15, 0.2) is 48.5 Å². The van der Waals surface area contributed by atoms with Crippen molar-refractivity contribution in [3.05, 3.63) is 65.7 Å². The van der Waals surface area contributed by atoms with Gasteiger partial charge in [0.05, 0.1) is 11.7 Å². The molecule has 4 nitrogen and oxygen atoms in total. The van der Waals surface area contributed by atoms with Crippen molar-refractivity contribution in [1.29, 1.82) is 0 Å². The highest BCUT2D eigenvalue weighted by Gasteiger charge is 2.26. The molecule has 1 atom stereocenters. The van der Waals surface area contributed by atoms with Crippen molar-refractivity contribution in [1.82, 2.24) is 4.90 Å². The fourth-order valence-corrected chi connectivity index (χ4v) is 3.09. The van der Waals surface area contributed by atoms with Crippen LogP contribution in [0.3, 0.4) is 0 Å². The van der Waals surface area contributed by atoms with Crippen LogP contribution in [0.4, 0.5) is 14.5 Å². The normalized spacial score (nSPS) is 14.8. The topological polar surface area (TPSA) is 49.6 Å². The van der Waals surface area contributed by atoms with Crippen LogP contribution in [0.25, 0.3) is 0 Å². The highest BCUT2D eigenvalue weighted by Crippen LogP contribution is 2.22. The minimum Gasteiger partial charge on any atom is -0.366 e. The van der Waals surface area contributed by atoms with Gasteiger partial charge in [-0.3, -0.25) is 4.79 Å². The number of piperazine rings is 1. The van der Waals surface area contributed by atoms with Gasteiger partial charge >= 0.3 is 0 Å². The van der Waals surface area contributed by atoms with Crippen LogP contribution in [0, 0.1) is 11.6 Å². The molecule has 1 aliphatic heterocycles. The van der Waals surface area contributed by atoms with E-state index in [9.17, 15) is 13.6 Å². The largest absolute Gasteiger partial charge is 0.366 e. The fraction of sp³-hybridized carbons (Fsp3) is 0.316. The molecule has 1 heterocycles. The van der Waals surface area contributed by atoms with E-state index >= 15 is 0 Å². The second-order valence-corrected chi connectivity index (χ2v) is 6.20. The highest BCUT2D eigenvalue weighted by molar-refractivity contribution is 5.85. The van der Waals surface area contributed by atoms with Crippen molar-refractivity contribution in [2.24, 2.45) is 5.73 Å². The minimum atomic E-state index is -0.597. The van der Waals surface area contributed by atoms with Gasteiger partial charge in [0.25, 0.3) is 0 Å². The summed E-state index contributed by atoms with van der Waals surface area (Å²) in [6, 6.07) is 12.4. The summed E-state index contributed by atoms with van der Waals surface area (Å²) >= 11 is 0. The summed E-state index contributed by atoms with van der Waals surface area (Å²) in [6.07, 6.45) is 0.485. The Morgan fingerprint density at radius 1 is 1.00 bits per heavy atom. The number of nitrogens with zero attached hydrogens (tertiary/aromatic N) is 2. The number of rotatable bonds is 4. The molecule has 0 saturated carbocycles. The van der Waals surface area contributed by atoms with Crippen molar-refractivity contribution in [3.8, 4) is 0 Å². The molecular weight excluding hydrogens is 395 g/mol. The van der Waals surface area contributed by atoms with Gasteiger partial charge in [-0.15, -0.1) is 24.8 Å². The molecule has 2 aromatic rings.